The van der Waals surface area contributed by atoms with E-state index in [1.807, 2.05) is 0 Å². The first-order valence-electron chi connectivity index (χ1n) is 5.08. The van der Waals surface area contributed by atoms with E-state index in [9.17, 15) is 4.79 Å². The largest absolute Gasteiger partial charge is 0.273 e. The van der Waals surface area contributed by atoms with Crippen molar-refractivity contribution in [3.63, 3.8) is 0 Å². The molecule has 0 aromatic carbocycles. The molecular formula is C10H16N2O. The van der Waals surface area contributed by atoms with Gasteiger partial charge in [0.1, 0.15) is 0 Å². The molecule has 13 heavy (non-hydrogen) atoms. The number of hydrogen-bond donors (Lipinski definition) is 0. The van der Waals surface area contributed by atoms with Crippen molar-refractivity contribution in [3.8, 4) is 0 Å². The van der Waals surface area contributed by atoms with Crippen molar-refractivity contribution < 1.29 is 4.79 Å². The van der Waals surface area contributed by atoms with Gasteiger partial charge in [-0.25, -0.2) is 5.01 Å². The van der Waals surface area contributed by atoms with Crippen molar-refractivity contribution >= 4 is 11.6 Å². The number of hydrogen-bond acceptors (Lipinski definition) is 2. The lowest BCUT2D eigenvalue weighted by Gasteiger charge is -2.31. The maximum atomic E-state index is 11.5. The van der Waals surface area contributed by atoms with Crippen molar-refractivity contribution in [1.29, 1.82) is 0 Å². The Balaban J connectivity index is 2.07. The molecule has 0 radical (unpaired) electrons. The molecule has 0 spiro atoms. The van der Waals surface area contributed by atoms with E-state index in [1.165, 1.54) is 6.42 Å². The van der Waals surface area contributed by atoms with E-state index in [4.69, 9.17) is 0 Å². The van der Waals surface area contributed by atoms with Crippen molar-refractivity contribution in [3.05, 3.63) is 0 Å². The molecule has 0 atom stereocenters. The molecule has 0 aromatic heterocycles. The van der Waals surface area contributed by atoms with E-state index in [0.29, 0.717) is 18.4 Å². The number of carbonyl (C=O) groups excluding carboxylic acids is 1. The minimum atomic E-state index is 0.202. The summed E-state index contributed by atoms with van der Waals surface area (Å²) in [4.78, 5) is 11.5. The van der Waals surface area contributed by atoms with Gasteiger partial charge >= 0.3 is 0 Å². The molecule has 0 aromatic rings. The van der Waals surface area contributed by atoms with Gasteiger partial charge in [-0.3, -0.25) is 4.79 Å². The molecule has 1 amide bonds. The summed E-state index contributed by atoms with van der Waals surface area (Å²) in [6.45, 7) is 4.19. The third-order valence-electron chi connectivity index (χ3n) is 2.91. The SMILES string of the molecule is CC(C)C1=NN(C2CCC2)C(=O)C1. The zero-order valence-corrected chi connectivity index (χ0v) is 8.29. The monoisotopic (exact) mass is 180 g/mol. The lowest BCUT2D eigenvalue weighted by atomic mass is 9.92. The van der Waals surface area contributed by atoms with Crippen LogP contribution in [0.4, 0.5) is 0 Å². The third kappa shape index (κ3) is 1.47. The molecule has 3 heteroatoms. The van der Waals surface area contributed by atoms with Crippen molar-refractivity contribution in [1.82, 2.24) is 5.01 Å². The highest BCUT2D eigenvalue weighted by molar-refractivity contribution is 6.05. The number of amides is 1. The van der Waals surface area contributed by atoms with E-state index in [-0.39, 0.29) is 5.91 Å². The predicted octanol–water partition coefficient (Wildman–Crippen LogP) is 1.78. The Hall–Kier alpha value is -0.860. The van der Waals surface area contributed by atoms with Gasteiger partial charge < -0.3 is 0 Å². The first kappa shape index (κ1) is 8.73. The van der Waals surface area contributed by atoms with Crippen LogP contribution in [-0.4, -0.2) is 22.7 Å². The summed E-state index contributed by atoms with van der Waals surface area (Å²) in [5.41, 5.74) is 1.05. The fourth-order valence-corrected chi connectivity index (χ4v) is 1.70. The molecule has 2 rings (SSSR count). The minimum absolute atomic E-state index is 0.202. The van der Waals surface area contributed by atoms with Gasteiger partial charge in [-0.15, -0.1) is 0 Å². The van der Waals surface area contributed by atoms with Crippen LogP contribution in [0.25, 0.3) is 0 Å². The molecule has 1 aliphatic carbocycles. The summed E-state index contributed by atoms with van der Waals surface area (Å²) in [5.74, 6) is 0.613. The molecule has 0 unspecified atom stereocenters. The van der Waals surface area contributed by atoms with E-state index in [1.54, 1.807) is 5.01 Å². The third-order valence-corrected chi connectivity index (χ3v) is 2.91. The van der Waals surface area contributed by atoms with Crippen LogP contribution in [-0.2, 0) is 4.79 Å². The first-order valence-corrected chi connectivity index (χ1v) is 5.08. The van der Waals surface area contributed by atoms with Crippen molar-refractivity contribution in [2.24, 2.45) is 11.0 Å². The Kier molecular flexibility index (Phi) is 2.10. The Bertz CT molecular complexity index is 254. The van der Waals surface area contributed by atoms with Gasteiger partial charge in [-0.05, 0) is 25.2 Å². The van der Waals surface area contributed by atoms with Crippen LogP contribution in [0.1, 0.15) is 39.5 Å². The maximum absolute atomic E-state index is 11.5. The second kappa shape index (κ2) is 3.13. The van der Waals surface area contributed by atoms with Crippen LogP contribution >= 0.6 is 0 Å². The molecule has 0 bridgehead atoms. The Morgan fingerprint density at radius 3 is 2.54 bits per heavy atom. The van der Waals surface area contributed by atoms with Gasteiger partial charge in [0.15, 0.2) is 0 Å². The summed E-state index contributed by atoms with van der Waals surface area (Å²) >= 11 is 0. The normalized spacial score (nSPS) is 23.8. The van der Waals surface area contributed by atoms with Gasteiger partial charge in [0.25, 0.3) is 0 Å². The molecule has 0 N–H and O–H groups in total. The zero-order chi connectivity index (χ0) is 9.42. The molecule has 3 nitrogen and oxygen atoms in total. The second-order valence-electron chi connectivity index (χ2n) is 4.25. The van der Waals surface area contributed by atoms with E-state index in [0.717, 1.165) is 18.6 Å². The number of hydrazone groups is 1. The molecule has 1 heterocycles. The molecule has 0 saturated heterocycles. The molecule has 1 fully saturated rings. The molecule has 1 saturated carbocycles. The zero-order valence-electron chi connectivity index (χ0n) is 8.29. The molecule has 72 valence electrons. The molecule has 2 aliphatic rings. The van der Waals surface area contributed by atoms with Crippen LogP contribution in [0.2, 0.25) is 0 Å². The van der Waals surface area contributed by atoms with E-state index in [2.05, 4.69) is 18.9 Å². The fraction of sp³-hybridized carbons (Fsp3) is 0.800. The summed E-state index contributed by atoms with van der Waals surface area (Å²) in [6, 6.07) is 0.420. The number of carbonyl (C=O) groups is 1. The maximum Gasteiger partial charge on any atom is 0.248 e. The average molecular weight is 180 g/mol. The highest BCUT2D eigenvalue weighted by Gasteiger charge is 2.34. The number of nitrogens with zero attached hydrogens (tertiary/aromatic N) is 2. The predicted molar refractivity (Wildman–Crippen MR) is 51.4 cm³/mol. The van der Waals surface area contributed by atoms with Gasteiger partial charge in [-0.2, -0.15) is 5.10 Å². The van der Waals surface area contributed by atoms with E-state index >= 15 is 0 Å². The summed E-state index contributed by atoms with van der Waals surface area (Å²) in [7, 11) is 0. The van der Waals surface area contributed by atoms with Gasteiger partial charge in [0.05, 0.1) is 18.2 Å². The van der Waals surface area contributed by atoms with Crippen LogP contribution < -0.4 is 0 Å². The lowest BCUT2D eigenvalue weighted by molar-refractivity contribution is -0.132. The highest BCUT2D eigenvalue weighted by atomic mass is 16.2. The van der Waals surface area contributed by atoms with Crippen LogP contribution in [0, 0.1) is 5.92 Å². The van der Waals surface area contributed by atoms with Gasteiger partial charge in [-0.1, -0.05) is 13.8 Å². The molecule has 1 aliphatic heterocycles. The first-order chi connectivity index (χ1) is 6.18. The van der Waals surface area contributed by atoms with Gasteiger partial charge in [0, 0.05) is 0 Å². The van der Waals surface area contributed by atoms with Crippen LogP contribution in [0.15, 0.2) is 5.10 Å². The Labute approximate surface area is 78.8 Å². The standard InChI is InChI=1S/C10H16N2O/c1-7(2)9-6-10(13)12(11-9)8-4-3-5-8/h7-8H,3-6H2,1-2H3. The van der Waals surface area contributed by atoms with Crippen molar-refractivity contribution in [2.75, 3.05) is 0 Å². The second-order valence-corrected chi connectivity index (χ2v) is 4.25. The highest BCUT2D eigenvalue weighted by Crippen LogP contribution is 2.28. The van der Waals surface area contributed by atoms with Crippen molar-refractivity contribution in [2.45, 2.75) is 45.6 Å². The van der Waals surface area contributed by atoms with Crippen LogP contribution in [0.3, 0.4) is 0 Å². The smallest absolute Gasteiger partial charge is 0.248 e. The van der Waals surface area contributed by atoms with Gasteiger partial charge in [0.2, 0.25) is 5.91 Å². The Morgan fingerprint density at radius 1 is 1.46 bits per heavy atom. The minimum Gasteiger partial charge on any atom is -0.273 e. The number of rotatable bonds is 2. The average Bonchev–Trinajstić information content (AvgIpc) is 2.29. The quantitative estimate of drug-likeness (QED) is 0.637. The summed E-state index contributed by atoms with van der Waals surface area (Å²) in [6.07, 6.45) is 4.08. The van der Waals surface area contributed by atoms with Crippen LogP contribution in [0.5, 0.6) is 0 Å². The van der Waals surface area contributed by atoms with E-state index < -0.39 is 0 Å². The Morgan fingerprint density at radius 2 is 2.15 bits per heavy atom. The summed E-state index contributed by atoms with van der Waals surface area (Å²) in [5, 5.41) is 6.11. The summed E-state index contributed by atoms with van der Waals surface area (Å²) < 4.78 is 0. The molecular weight excluding hydrogens is 164 g/mol. The lowest BCUT2D eigenvalue weighted by Crippen LogP contribution is -2.37. The topological polar surface area (TPSA) is 32.7 Å². The fourth-order valence-electron chi connectivity index (χ4n) is 1.70.